The van der Waals surface area contributed by atoms with Crippen molar-refractivity contribution in [1.29, 1.82) is 0 Å². The lowest BCUT2D eigenvalue weighted by Gasteiger charge is -2.44. The van der Waals surface area contributed by atoms with E-state index >= 15 is 0 Å². The monoisotopic (exact) mass is 392 g/mol. The van der Waals surface area contributed by atoms with E-state index in [9.17, 15) is 4.79 Å². The standard InChI is InChI=1S/C24H32N4O/c1-15-6-5-7-23(26-15)27-24-16(2)17(3)28(18(4)29)22-9-8-20(14-21(22)24)19-10-12-25-13-11-19/h5-9,14,16-17,19,24-25H,10-13H2,1-4H3,(H,26,27)/t16?,17-,24?/m0/s1. The van der Waals surface area contributed by atoms with E-state index in [2.05, 4.69) is 47.7 Å². The molecule has 0 radical (unpaired) electrons. The van der Waals surface area contributed by atoms with Crippen LogP contribution >= 0.6 is 0 Å². The van der Waals surface area contributed by atoms with Crippen molar-refractivity contribution in [3.63, 3.8) is 0 Å². The molecule has 0 spiro atoms. The number of nitrogens with one attached hydrogen (secondary N) is 2. The van der Waals surface area contributed by atoms with Crippen LogP contribution in [0.5, 0.6) is 0 Å². The first-order chi connectivity index (χ1) is 14.0. The minimum Gasteiger partial charge on any atom is -0.363 e. The lowest BCUT2D eigenvalue weighted by Crippen LogP contribution is -2.48. The summed E-state index contributed by atoms with van der Waals surface area (Å²) >= 11 is 0. The molecular weight excluding hydrogens is 360 g/mol. The number of piperidine rings is 1. The molecule has 5 nitrogen and oxygen atoms in total. The first-order valence-electron chi connectivity index (χ1n) is 10.8. The summed E-state index contributed by atoms with van der Waals surface area (Å²) in [7, 11) is 0. The molecule has 2 unspecified atom stereocenters. The number of benzene rings is 1. The van der Waals surface area contributed by atoms with Crippen LogP contribution in [-0.2, 0) is 4.79 Å². The highest BCUT2D eigenvalue weighted by Gasteiger charge is 2.38. The Morgan fingerprint density at radius 2 is 1.93 bits per heavy atom. The highest BCUT2D eigenvalue weighted by Crippen LogP contribution is 2.44. The Morgan fingerprint density at radius 1 is 1.17 bits per heavy atom. The molecule has 0 aliphatic carbocycles. The van der Waals surface area contributed by atoms with Crippen LogP contribution in [0.15, 0.2) is 36.4 Å². The molecule has 29 heavy (non-hydrogen) atoms. The Balaban J connectivity index is 1.76. The van der Waals surface area contributed by atoms with Crippen LogP contribution in [0.4, 0.5) is 11.5 Å². The van der Waals surface area contributed by atoms with Crippen molar-refractivity contribution in [1.82, 2.24) is 10.3 Å². The molecule has 1 aromatic carbocycles. The van der Waals surface area contributed by atoms with Crippen LogP contribution in [0.2, 0.25) is 0 Å². The molecule has 3 atom stereocenters. The van der Waals surface area contributed by atoms with Crippen LogP contribution < -0.4 is 15.5 Å². The smallest absolute Gasteiger partial charge is 0.224 e. The number of hydrogen-bond donors (Lipinski definition) is 2. The van der Waals surface area contributed by atoms with Crippen LogP contribution in [0.1, 0.15) is 62.4 Å². The molecule has 4 rings (SSSR count). The van der Waals surface area contributed by atoms with Crippen molar-refractivity contribution in [2.24, 2.45) is 5.92 Å². The minimum absolute atomic E-state index is 0.104. The summed E-state index contributed by atoms with van der Waals surface area (Å²) in [5.74, 6) is 1.84. The minimum atomic E-state index is 0.104. The maximum atomic E-state index is 12.5. The van der Waals surface area contributed by atoms with Gasteiger partial charge in [0.15, 0.2) is 0 Å². The zero-order valence-electron chi connectivity index (χ0n) is 17.9. The SMILES string of the molecule is CC(=O)N1c2ccc(C3CCNCC3)cc2C(Nc2cccc(C)n2)C(C)[C@@H]1C. The molecule has 0 bridgehead atoms. The fraction of sp³-hybridized carbons (Fsp3) is 0.500. The van der Waals surface area contributed by atoms with E-state index in [0.29, 0.717) is 5.92 Å². The zero-order valence-corrected chi connectivity index (χ0v) is 17.9. The first kappa shape index (κ1) is 19.9. The summed E-state index contributed by atoms with van der Waals surface area (Å²) in [4.78, 5) is 19.1. The first-order valence-corrected chi connectivity index (χ1v) is 10.8. The van der Waals surface area contributed by atoms with Crippen LogP contribution in [0.25, 0.3) is 0 Å². The second-order valence-corrected chi connectivity index (χ2v) is 8.62. The molecule has 154 valence electrons. The van der Waals surface area contributed by atoms with Gasteiger partial charge in [0, 0.05) is 30.3 Å². The van der Waals surface area contributed by atoms with Gasteiger partial charge in [-0.3, -0.25) is 4.79 Å². The molecule has 1 aromatic heterocycles. The maximum absolute atomic E-state index is 12.5. The molecule has 0 saturated carbocycles. The average Bonchev–Trinajstić information content (AvgIpc) is 2.72. The molecule has 3 heterocycles. The molecule has 1 amide bonds. The van der Waals surface area contributed by atoms with E-state index < -0.39 is 0 Å². The quantitative estimate of drug-likeness (QED) is 0.813. The number of anilines is 2. The third-order valence-corrected chi connectivity index (χ3v) is 6.68. The van der Waals surface area contributed by atoms with Crippen molar-refractivity contribution in [2.45, 2.75) is 58.5 Å². The third kappa shape index (κ3) is 3.88. The number of pyridine rings is 1. The second-order valence-electron chi connectivity index (χ2n) is 8.62. The molecule has 1 saturated heterocycles. The molecule has 2 aliphatic heterocycles. The van der Waals surface area contributed by atoms with Gasteiger partial charge in [0.1, 0.15) is 5.82 Å². The molecule has 2 aliphatic rings. The van der Waals surface area contributed by atoms with Gasteiger partial charge in [-0.05, 0) is 75.0 Å². The number of nitrogens with zero attached hydrogens (tertiary/aromatic N) is 2. The highest BCUT2D eigenvalue weighted by molar-refractivity contribution is 5.94. The van der Waals surface area contributed by atoms with Gasteiger partial charge >= 0.3 is 0 Å². The average molecular weight is 393 g/mol. The predicted octanol–water partition coefficient (Wildman–Crippen LogP) is 4.40. The topological polar surface area (TPSA) is 57.3 Å². The second kappa shape index (κ2) is 8.15. The van der Waals surface area contributed by atoms with Gasteiger partial charge < -0.3 is 15.5 Å². The molecule has 2 N–H and O–H groups in total. The fourth-order valence-corrected chi connectivity index (χ4v) is 4.92. The number of rotatable bonds is 3. The fourth-order valence-electron chi connectivity index (χ4n) is 4.92. The van der Waals surface area contributed by atoms with Gasteiger partial charge in [-0.2, -0.15) is 0 Å². The van der Waals surface area contributed by atoms with Gasteiger partial charge in [0.05, 0.1) is 6.04 Å². The van der Waals surface area contributed by atoms with Crippen molar-refractivity contribution < 1.29 is 4.79 Å². The van der Waals surface area contributed by atoms with Crippen molar-refractivity contribution >= 4 is 17.4 Å². The Bertz CT molecular complexity index is 890. The Labute approximate surface area is 173 Å². The van der Waals surface area contributed by atoms with Gasteiger partial charge in [-0.1, -0.05) is 25.1 Å². The Kier molecular flexibility index (Phi) is 5.59. The van der Waals surface area contributed by atoms with E-state index in [0.717, 1.165) is 30.3 Å². The molecular formula is C24H32N4O. The number of aryl methyl sites for hydroxylation is 1. The van der Waals surface area contributed by atoms with Gasteiger partial charge in [0.25, 0.3) is 0 Å². The van der Waals surface area contributed by atoms with Crippen molar-refractivity contribution in [2.75, 3.05) is 23.3 Å². The third-order valence-electron chi connectivity index (χ3n) is 6.68. The van der Waals surface area contributed by atoms with E-state index in [-0.39, 0.29) is 23.9 Å². The number of hydrogen-bond acceptors (Lipinski definition) is 4. The predicted molar refractivity (Wildman–Crippen MR) is 118 cm³/mol. The van der Waals surface area contributed by atoms with Gasteiger partial charge in [0.2, 0.25) is 5.91 Å². The Hall–Kier alpha value is -2.40. The van der Waals surface area contributed by atoms with E-state index in [1.54, 1.807) is 6.92 Å². The molecule has 5 heteroatoms. The van der Waals surface area contributed by atoms with Crippen LogP contribution in [0, 0.1) is 12.8 Å². The summed E-state index contributed by atoms with van der Waals surface area (Å²) < 4.78 is 0. The molecule has 1 fully saturated rings. The van der Waals surface area contributed by atoms with Crippen LogP contribution in [0.3, 0.4) is 0 Å². The van der Waals surface area contributed by atoms with Crippen molar-refractivity contribution in [3.05, 3.63) is 53.2 Å². The lowest BCUT2D eigenvalue weighted by atomic mass is 9.80. The highest BCUT2D eigenvalue weighted by atomic mass is 16.2. The lowest BCUT2D eigenvalue weighted by molar-refractivity contribution is -0.117. The maximum Gasteiger partial charge on any atom is 0.224 e. The van der Waals surface area contributed by atoms with E-state index in [1.807, 2.05) is 30.0 Å². The Morgan fingerprint density at radius 3 is 2.62 bits per heavy atom. The summed E-state index contributed by atoms with van der Waals surface area (Å²) in [6.07, 6.45) is 2.33. The number of amides is 1. The molecule has 2 aromatic rings. The number of aromatic nitrogens is 1. The summed E-state index contributed by atoms with van der Waals surface area (Å²) in [5, 5.41) is 7.14. The number of fused-ring (bicyclic) bond motifs is 1. The summed E-state index contributed by atoms with van der Waals surface area (Å²) in [5.41, 5.74) is 4.64. The summed E-state index contributed by atoms with van der Waals surface area (Å²) in [6, 6.07) is 13.0. The van der Waals surface area contributed by atoms with E-state index in [4.69, 9.17) is 0 Å². The normalized spacial score (nSPS) is 24.8. The van der Waals surface area contributed by atoms with E-state index in [1.165, 1.54) is 24.0 Å². The van der Waals surface area contributed by atoms with Gasteiger partial charge in [-0.15, -0.1) is 0 Å². The van der Waals surface area contributed by atoms with Gasteiger partial charge in [-0.25, -0.2) is 4.98 Å². The summed E-state index contributed by atoms with van der Waals surface area (Å²) in [6.45, 7) is 10.2. The van der Waals surface area contributed by atoms with Crippen LogP contribution in [-0.4, -0.2) is 30.0 Å². The number of carbonyl (C=O) groups excluding carboxylic acids is 1. The zero-order chi connectivity index (χ0) is 20.5. The number of carbonyl (C=O) groups is 1. The van der Waals surface area contributed by atoms with Crippen molar-refractivity contribution in [3.8, 4) is 0 Å². The largest absolute Gasteiger partial charge is 0.363 e.